The Morgan fingerprint density at radius 2 is 2.35 bits per heavy atom. The lowest BCUT2D eigenvalue weighted by Gasteiger charge is -2.16. The molecule has 1 aliphatic heterocycles. The molecule has 3 heterocycles. The molecule has 2 aromatic rings. The molecular weight excluding hydrogens is 312 g/mol. The van der Waals surface area contributed by atoms with E-state index in [9.17, 15) is 4.79 Å². The number of carbonyl (C=O) groups is 1. The number of hydrogen-bond acceptors (Lipinski definition) is 6. The lowest BCUT2D eigenvalue weighted by Crippen LogP contribution is -2.31. The van der Waals surface area contributed by atoms with E-state index < -0.39 is 0 Å². The van der Waals surface area contributed by atoms with Gasteiger partial charge in [-0.3, -0.25) is 4.79 Å². The van der Waals surface area contributed by atoms with Crippen molar-refractivity contribution in [3.8, 4) is 5.88 Å². The van der Waals surface area contributed by atoms with E-state index in [1.54, 1.807) is 0 Å². The maximum atomic E-state index is 12.6. The molecule has 1 aliphatic rings. The Balaban J connectivity index is 1.63. The van der Waals surface area contributed by atoms with E-state index in [2.05, 4.69) is 21.5 Å². The van der Waals surface area contributed by atoms with Gasteiger partial charge in [0.15, 0.2) is 0 Å². The Labute approximate surface area is 139 Å². The van der Waals surface area contributed by atoms with Crippen molar-refractivity contribution in [3.05, 3.63) is 34.5 Å². The van der Waals surface area contributed by atoms with Crippen molar-refractivity contribution in [1.82, 2.24) is 19.5 Å². The van der Waals surface area contributed by atoms with Crippen molar-refractivity contribution < 1.29 is 9.53 Å². The predicted octanol–water partition coefficient (Wildman–Crippen LogP) is 2.49. The second-order valence-corrected chi connectivity index (χ2v) is 6.45. The molecule has 1 amide bonds. The topological polar surface area (TPSA) is 68.2 Å². The van der Waals surface area contributed by atoms with Crippen molar-refractivity contribution in [2.24, 2.45) is 0 Å². The molecule has 7 heteroatoms. The molecule has 23 heavy (non-hydrogen) atoms. The number of ether oxygens (including phenoxy) is 1. The first-order valence-corrected chi connectivity index (χ1v) is 8.65. The van der Waals surface area contributed by atoms with Crippen LogP contribution in [0.15, 0.2) is 18.2 Å². The molecule has 122 valence electrons. The highest BCUT2D eigenvalue weighted by Gasteiger charge is 2.30. The number of carbonyl (C=O) groups excluding carboxylic acids is 1. The zero-order valence-electron chi connectivity index (χ0n) is 13.4. The molecule has 0 saturated carbocycles. The summed E-state index contributed by atoms with van der Waals surface area (Å²) >= 11 is 1.19. The highest BCUT2D eigenvalue weighted by molar-refractivity contribution is 7.08. The van der Waals surface area contributed by atoms with Crippen LogP contribution >= 0.6 is 11.5 Å². The SMILES string of the molecule is CCCc1nnsc1C(=O)N1CCC(Oc2cccc(C)n2)C1. The van der Waals surface area contributed by atoms with Gasteiger partial charge in [0, 0.05) is 24.7 Å². The van der Waals surface area contributed by atoms with E-state index in [1.807, 2.05) is 30.0 Å². The van der Waals surface area contributed by atoms with Crippen LogP contribution in [-0.4, -0.2) is 44.6 Å². The average molecular weight is 332 g/mol. The van der Waals surface area contributed by atoms with Crippen LogP contribution in [0.4, 0.5) is 0 Å². The van der Waals surface area contributed by atoms with Gasteiger partial charge in [0.05, 0.1) is 12.2 Å². The van der Waals surface area contributed by atoms with E-state index in [-0.39, 0.29) is 12.0 Å². The summed E-state index contributed by atoms with van der Waals surface area (Å²) in [5, 5.41) is 4.07. The molecule has 6 nitrogen and oxygen atoms in total. The second kappa shape index (κ2) is 7.04. The quantitative estimate of drug-likeness (QED) is 0.841. The molecule has 1 fully saturated rings. The molecule has 1 saturated heterocycles. The van der Waals surface area contributed by atoms with Crippen LogP contribution in [0.5, 0.6) is 5.88 Å². The first-order valence-electron chi connectivity index (χ1n) is 7.88. The van der Waals surface area contributed by atoms with Crippen LogP contribution in [0.2, 0.25) is 0 Å². The van der Waals surface area contributed by atoms with Gasteiger partial charge in [0.1, 0.15) is 11.0 Å². The fourth-order valence-corrected chi connectivity index (χ4v) is 3.35. The van der Waals surface area contributed by atoms with Gasteiger partial charge in [0.2, 0.25) is 5.88 Å². The number of aromatic nitrogens is 3. The minimum absolute atomic E-state index is 0.0104. The fraction of sp³-hybridized carbons (Fsp3) is 0.500. The minimum atomic E-state index is -0.0104. The number of aryl methyl sites for hydroxylation is 2. The van der Waals surface area contributed by atoms with Gasteiger partial charge in [-0.1, -0.05) is 23.9 Å². The summed E-state index contributed by atoms with van der Waals surface area (Å²) in [7, 11) is 0. The number of amides is 1. The van der Waals surface area contributed by atoms with Crippen LogP contribution in [-0.2, 0) is 6.42 Å². The van der Waals surface area contributed by atoms with Crippen molar-refractivity contribution in [3.63, 3.8) is 0 Å². The first-order chi connectivity index (χ1) is 11.2. The van der Waals surface area contributed by atoms with Crippen molar-refractivity contribution in [1.29, 1.82) is 0 Å². The van der Waals surface area contributed by atoms with Gasteiger partial charge in [-0.05, 0) is 30.9 Å². The van der Waals surface area contributed by atoms with Crippen molar-refractivity contribution in [2.75, 3.05) is 13.1 Å². The molecule has 2 aromatic heterocycles. The maximum absolute atomic E-state index is 12.6. The molecule has 0 spiro atoms. The predicted molar refractivity (Wildman–Crippen MR) is 87.8 cm³/mol. The first kappa shape index (κ1) is 15.9. The summed E-state index contributed by atoms with van der Waals surface area (Å²) in [5.74, 6) is 0.641. The lowest BCUT2D eigenvalue weighted by molar-refractivity contribution is 0.0774. The zero-order valence-corrected chi connectivity index (χ0v) is 14.2. The fourth-order valence-electron chi connectivity index (χ4n) is 2.68. The highest BCUT2D eigenvalue weighted by atomic mass is 32.1. The van der Waals surface area contributed by atoms with Crippen molar-refractivity contribution >= 4 is 17.4 Å². The number of nitrogens with zero attached hydrogens (tertiary/aromatic N) is 4. The van der Waals surface area contributed by atoms with Gasteiger partial charge < -0.3 is 9.64 Å². The number of rotatable bonds is 5. The van der Waals surface area contributed by atoms with E-state index in [0.29, 0.717) is 23.8 Å². The molecule has 0 aliphatic carbocycles. The van der Waals surface area contributed by atoms with E-state index in [0.717, 1.165) is 30.7 Å². The summed E-state index contributed by atoms with van der Waals surface area (Å²) in [6.45, 7) is 5.28. The Kier molecular flexibility index (Phi) is 4.85. The summed E-state index contributed by atoms with van der Waals surface area (Å²) in [6.07, 6.45) is 2.55. The molecular formula is C16H20N4O2S. The molecule has 3 rings (SSSR count). The zero-order chi connectivity index (χ0) is 16.2. The summed E-state index contributed by atoms with van der Waals surface area (Å²) in [6, 6.07) is 5.71. The standard InChI is InChI=1S/C16H20N4O2S/c1-3-5-13-15(23-19-18-13)16(21)20-9-8-12(10-20)22-14-7-4-6-11(2)17-14/h4,6-7,12H,3,5,8-10H2,1-2H3. The monoisotopic (exact) mass is 332 g/mol. The van der Waals surface area contributed by atoms with Gasteiger partial charge in [-0.2, -0.15) is 0 Å². The van der Waals surface area contributed by atoms with Gasteiger partial charge in [0.25, 0.3) is 5.91 Å². The minimum Gasteiger partial charge on any atom is -0.472 e. The summed E-state index contributed by atoms with van der Waals surface area (Å²) < 4.78 is 9.83. The van der Waals surface area contributed by atoms with E-state index in [4.69, 9.17) is 4.74 Å². The Morgan fingerprint density at radius 3 is 3.13 bits per heavy atom. The Hall–Kier alpha value is -2.02. The molecule has 0 radical (unpaired) electrons. The highest BCUT2D eigenvalue weighted by Crippen LogP contribution is 2.21. The van der Waals surface area contributed by atoms with Crippen LogP contribution < -0.4 is 4.74 Å². The van der Waals surface area contributed by atoms with Crippen LogP contribution in [0.1, 0.15) is 40.8 Å². The molecule has 0 aromatic carbocycles. The van der Waals surface area contributed by atoms with Gasteiger partial charge >= 0.3 is 0 Å². The average Bonchev–Trinajstić information content (AvgIpc) is 3.16. The molecule has 0 bridgehead atoms. The summed E-state index contributed by atoms with van der Waals surface area (Å²) in [4.78, 5) is 19.5. The second-order valence-electron chi connectivity index (χ2n) is 5.70. The van der Waals surface area contributed by atoms with E-state index in [1.165, 1.54) is 11.5 Å². The number of hydrogen-bond donors (Lipinski definition) is 0. The smallest absolute Gasteiger partial charge is 0.267 e. The van der Waals surface area contributed by atoms with Gasteiger partial charge in [-0.15, -0.1) is 5.10 Å². The van der Waals surface area contributed by atoms with Crippen LogP contribution in [0, 0.1) is 6.92 Å². The van der Waals surface area contributed by atoms with Gasteiger partial charge in [-0.25, -0.2) is 4.98 Å². The third-order valence-corrected chi connectivity index (χ3v) is 4.58. The molecule has 0 N–H and O–H groups in total. The summed E-state index contributed by atoms with van der Waals surface area (Å²) in [5.41, 5.74) is 1.74. The lowest BCUT2D eigenvalue weighted by atomic mass is 10.2. The maximum Gasteiger partial charge on any atom is 0.267 e. The van der Waals surface area contributed by atoms with E-state index >= 15 is 0 Å². The third-order valence-electron chi connectivity index (χ3n) is 3.82. The largest absolute Gasteiger partial charge is 0.472 e. The Morgan fingerprint density at radius 1 is 1.48 bits per heavy atom. The molecule has 1 unspecified atom stereocenters. The Bertz CT molecular complexity index is 688. The molecule has 1 atom stereocenters. The number of likely N-dealkylation sites (tertiary alicyclic amines) is 1. The van der Waals surface area contributed by atoms with Crippen LogP contribution in [0.3, 0.4) is 0 Å². The third kappa shape index (κ3) is 3.67. The number of pyridine rings is 1. The normalized spacial score (nSPS) is 17.5. The van der Waals surface area contributed by atoms with Crippen LogP contribution in [0.25, 0.3) is 0 Å². The van der Waals surface area contributed by atoms with Crippen molar-refractivity contribution in [2.45, 2.75) is 39.2 Å².